The van der Waals surface area contributed by atoms with Gasteiger partial charge in [0.2, 0.25) is 5.95 Å². The summed E-state index contributed by atoms with van der Waals surface area (Å²) in [6.07, 6.45) is 7.36. The molecule has 0 spiro atoms. The van der Waals surface area contributed by atoms with Crippen LogP contribution in [-0.4, -0.2) is 29.3 Å². The van der Waals surface area contributed by atoms with Gasteiger partial charge >= 0.3 is 0 Å². The lowest BCUT2D eigenvalue weighted by molar-refractivity contribution is 0.187. The summed E-state index contributed by atoms with van der Waals surface area (Å²) in [5.74, 6) is 1.95. The van der Waals surface area contributed by atoms with Gasteiger partial charge in [-0.05, 0) is 25.7 Å². The third kappa shape index (κ3) is 3.73. The zero-order chi connectivity index (χ0) is 13.0. The number of anilines is 1. The van der Waals surface area contributed by atoms with Gasteiger partial charge < -0.3 is 14.6 Å². The molecule has 1 aliphatic rings. The first-order chi connectivity index (χ1) is 8.72. The molecule has 1 N–H and O–H groups in total. The highest BCUT2D eigenvalue weighted by Gasteiger charge is 2.25. The average molecular weight is 251 g/mol. The molecule has 1 heterocycles. The number of methoxy groups -OCH3 is 1. The van der Waals surface area contributed by atoms with Crippen LogP contribution in [0.25, 0.3) is 0 Å². The summed E-state index contributed by atoms with van der Waals surface area (Å²) < 4.78 is 7.30. The quantitative estimate of drug-likeness (QED) is 0.772. The zero-order valence-electron chi connectivity index (χ0n) is 11.8. The fourth-order valence-corrected chi connectivity index (χ4v) is 2.29. The fraction of sp³-hybridized carbons (Fsp3) is 0.786. The smallest absolute Gasteiger partial charge is 0.203 e. The second-order valence-electron chi connectivity index (χ2n) is 5.32. The lowest BCUT2D eigenvalue weighted by Gasteiger charge is -2.18. The molecular weight excluding hydrogens is 226 g/mol. The van der Waals surface area contributed by atoms with E-state index in [0.29, 0.717) is 6.04 Å². The van der Waals surface area contributed by atoms with Crippen LogP contribution in [0.3, 0.4) is 0 Å². The molecule has 0 aliphatic heterocycles. The maximum Gasteiger partial charge on any atom is 0.203 e. The van der Waals surface area contributed by atoms with E-state index in [2.05, 4.69) is 28.0 Å². The summed E-state index contributed by atoms with van der Waals surface area (Å²) in [5.41, 5.74) is 1.06. The fourth-order valence-electron chi connectivity index (χ4n) is 2.29. The van der Waals surface area contributed by atoms with Crippen LogP contribution in [0.4, 0.5) is 5.95 Å². The Kier molecular flexibility index (Phi) is 4.64. The van der Waals surface area contributed by atoms with Crippen molar-refractivity contribution >= 4 is 5.95 Å². The summed E-state index contributed by atoms with van der Waals surface area (Å²) in [5, 5.41) is 3.59. The molecule has 1 aromatic rings. The number of aryl methyl sites for hydroxylation is 1. The van der Waals surface area contributed by atoms with Gasteiger partial charge in [-0.25, -0.2) is 4.98 Å². The van der Waals surface area contributed by atoms with Gasteiger partial charge in [-0.15, -0.1) is 0 Å². The number of hydrogen-bond acceptors (Lipinski definition) is 3. The highest BCUT2D eigenvalue weighted by molar-refractivity contribution is 5.30. The van der Waals surface area contributed by atoms with Crippen molar-refractivity contribution in [1.29, 1.82) is 0 Å². The highest BCUT2D eigenvalue weighted by Crippen LogP contribution is 2.34. The summed E-state index contributed by atoms with van der Waals surface area (Å²) >= 11 is 0. The number of ether oxygens (including phenoxy) is 1. The third-order valence-corrected chi connectivity index (χ3v) is 3.57. The molecule has 1 saturated carbocycles. The molecule has 4 heteroatoms. The Morgan fingerprint density at radius 2 is 2.33 bits per heavy atom. The van der Waals surface area contributed by atoms with Gasteiger partial charge in [0.1, 0.15) is 0 Å². The van der Waals surface area contributed by atoms with Crippen LogP contribution in [0, 0.1) is 12.8 Å². The van der Waals surface area contributed by atoms with E-state index >= 15 is 0 Å². The lowest BCUT2D eigenvalue weighted by atomic mass is 10.1. The van der Waals surface area contributed by atoms with Gasteiger partial charge in [0.15, 0.2) is 0 Å². The van der Waals surface area contributed by atoms with Gasteiger partial charge in [-0.2, -0.15) is 0 Å². The highest BCUT2D eigenvalue weighted by atomic mass is 16.5. The summed E-state index contributed by atoms with van der Waals surface area (Å²) in [6, 6.07) is 0.556. The van der Waals surface area contributed by atoms with E-state index < -0.39 is 0 Å². The maximum absolute atomic E-state index is 5.14. The standard InChI is InChI=1S/C14H25N3O/c1-4-13(9-12-5-6-12)16-14-15-11(2)10-17(14)7-8-18-3/h10,12-13H,4-9H2,1-3H3,(H,15,16). The van der Waals surface area contributed by atoms with E-state index in [1.165, 1.54) is 19.3 Å². The monoisotopic (exact) mass is 251 g/mol. The number of aromatic nitrogens is 2. The predicted molar refractivity (Wildman–Crippen MR) is 73.9 cm³/mol. The van der Waals surface area contributed by atoms with Crippen molar-refractivity contribution in [2.75, 3.05) is 19.0 Å². The van der Waals surface area contributed by atoms with E-state index in [0.717, 1.165) is 37.1 Å². The molecule has 0 saturated heterocycles. The normalized spacial score (nSPS) is 16.8. The van der Waals surface area contributed by atoms with Crippen LogP contribution < -0.4 is 5.32 Å². The van der Waals surface area contributed by atoms with Gasteiger partial charge in [0.05, 0.1) is 12.3 Å². The van der Waals surface area contributed by atoms with Crippen LogP contribution >= 0.6 is 0 Å². The number of imidazole rings is 1. The second kappa shape index (κ2) is 6.23. The minimum Gasteiger partial charge on any atom is -0.383 e. The van der Waals surface area contributed by atoms with Gasteiger partial charge in [0, 0.05) is 25.9 Å². The Balaban J connectivity index is 1.96. The van der Waals surface area contributed by atoms with Crippen molar-refractivity contribution in [2.24, 2.45) is 5.92 Å². The zero-order valence-corrected chi connectivity index (χ0v) is 11.8. The summed E-state index contributed by atoms with van der Waals surface area (Å²) in [4.78, 5) is 4.58. The van der Waals surface area contributed by atoms with E-state index in [9.17, 15) is 0 Å². The minimum absolute atomic E-state index is 0.556. The van der Waals surface area contributed by atoms with Gasteiger partial charge in [-0.1, -0.05) is 19.8 Å². The molecule has 0 bridgehead atoms. The molecule has 1 aliphatic carbocycles. The predicted octanol–water partition coefficient (Wildman–Crippen LogP) is 2.83. The largest absolute Gasteiger partial charge is 0.383 e. The van der Waals surface area contributed by atoms with Crippen LogP contribution in [0.2, 0.25) is 0 Å². The average Bonchev–Trinajstić information content (AvgIpc) is 3.10. The van der Waals surface area contributed by atoms with E-state index in [-0.39, 0.29) is 0 Å². The Hall–Kier alpha value is -1.03. The second-order valence-corrected chi connectivity index (χ2v) is 5.32. The maximum atomic E-state index is 5.14. The van der Waals surface area contributed by atoms with Crippen molar-refractivity contribution in [1.82, 2.24) is 9.55 Å². The molecule has 0 amide bonds. The molecular formula is C14H25N3O. The van der Waals surface area contributed by atoms with Crippen molar-refractivity contribution in [3.63, 3.8) is 0 Å². The van der Waals surface area contributed by atoms with Crippen molar-refractivity contribution in [3.05, 3.63) is 11.9 Å². The number of rotatable bonds is 8. The van der Waals surface area contributed by atoms with E-state index in [4.69, 9.17) is 4.74 Å². The summed E-state index contributed by atoms with van der Waals surface area (Å²) in [6.45, 7) is 5.87. The molecule has 1 atom stereocenters. The van der Waals surface area contributed by atoms with Crippen LogP contribution in [0.5, 0.6) is 0 Å². The molecule has 0 aromatic carbocycles. The number of hydrogen-bond donors (Lipinski definition) is 1. The topological polar surface area (TPSA) is 39.1 Å². The molecule has 18 heavy (non-hydrogen) atoms. The number of nitrogens with zero attached hydrogens (tertiary/aromatic N) is 2. The molecule has 0 radical (unpaired) electrons. The van der Waals surface area contributed by atoms with Crippen molar-refractivity contribution < 1.29 is 4.74 Å². The first-order valence-electron chi connectivity index (χ1n) is 7.02. The SMILES string of the molecule is CCC(CC1CC1)Nc1nc(C)cn1CCOC. The van der Waals surface area contributed by atoms with Crippen molar-refractivity contribution in [2.45, 2.75) is 52.1 Å². The first kappa shape index (κ1) is 13.4. The summed E-state index contributed by atoms with van der Waals surface area (Å²) in [7, 11) is 1.73. The minimum atomic E-state index is 0.556. The van der Waals surface area contributed by atoms with Crippen molar-refractivity contribution in [3.8, 4) is 0 Å². The van der Waals surface area contributed by atoms with Crippen LogP contribution in [-0.2, 0) is 11.3 Å². The molecule has 102 valence electrons. The molecule has 1 aromatic heterocycles. The van der Waals surface area contributed by atoms with E-state index in [1.54, 1.807) is 7.11 Å². The molecule has 4 nitrogen and oxygen atoms in total. The van der Waals surface area contributed by atoms with Crippen LogP contribution in [0.15, 0.2) is 6.20 Å². The Morgan fingerprint density at radius 1 is 1.56 bits per heavy atom. The first-order valence-corrected chi connectivity index (χ1v) is 7.02. The molecule has 1 unspecified atom stereocenters. The molecule has 2 rings (SSSR count). The van der Waals surface area contributed by atoms with Crippen LogP contribution in [0.1, 0.15) is 38.3 Å². The molecule has 1 fully saturated rings. The Morgan fingerprint density at radius 3 is 2.94 bits per heavy atom. The Bertz CT molecular complexity index is 371. The van der Waals surface area contributed by atoms with Gasteiger partial charge in [-0.3, -0.25) is 0 Å². The lowest BCUT2D eigenvalue weighted by Crippen LogP contribution is -2.22. The van der Waals surface area contributed by atoms with Gasteiger partial charge in [0.25, 0.3) is 0 Å². The third-order valence-electron chi connectivity index (χ3n) is 3.57. The Labute approximate surface area is 110 Å². The number of nitrogens with one attached hydrogen (secondary N) is 1. The van der Waals surface area contributed by atoms with E-state index in [1.807, 2.05) is 6.92 Å².